The van der Waals surface area contributed by atoms with Crippen LogP contribution in [0.25, 0.3) is 5.57 Å². The van der Waals surface area contributed by atoms with Crippen LogP contribution < -0.4 is 11.1 Å². The molecule has 0 aliphatic rings. The SMILES string of the molecule is C=C(/C=C(/CNc1ccc(Sc2ccncc2)c(F)c1)N=C(C)N)c1ccncc1. The van der Waals surface area contributed by atoms with E-state index in [2.05, 4.69) is 26.9 Å². The van der Waals surface area contributed by atoms with Crippen LogP contribution in [-0.2, 0) is 0 Å². The highest BCUT2D eigenvalue weighted by molar-refractivity contribution is 7.99. The lowest BCUT2D eigenvalue weighted by molar-refractivity contribution is 0.602. The van der Waals surface area contributed by atoms with Gasteiger partial charge in [-0.05, 0) is 66.6 Å². The van der Waals surface area contributed by atoms with Gasteiger partial charge in [-0.15, -0.1) is 0 Å². The molecule has 3 rings (SSSR count). The van der Waals surface area contributed by atoms with Crippen molar-refractivity contribution in [3.8, 4) is 0 Å². The standard InChI is InChI=1S/C23H22FN5S/c1-16(18-5-9-26-10-6-18)13-20(29-17(2)25)15-28-19-3-4-23(22(24)14-19)30-21-7-11-27-12-8-21/h3-14,28H,1,15H2,2H3,(H2,25,29)/b20-13-. The van der Waals surface area contributed by atoms with Crippen molar-refractivity contribution in [3.05, 3.63) is 97.0 Å². The first-order valence-electron chi connectivity index (χ1n) is 9.23. The first-order chi connectivity index (χ1) is 14.5. The van der Waals surface area contributed by atoms with E-state index in [9.17, 15) is 4.39 Å². The molecule has 2 aromatic heterocycles. The predicted octanol–water partition coefficient (Wildman–Crippen LogP) is 5.15. The molecule has 30 heavy (non-hydrogen) atoms. The maximum atomic E-state index is 14.5. The van der Waals surface area contributed by atoms with Gasteiger partial charge in [0.05, 0.1) is 18.1 Å². The van der Waals surface area contributed by atoms with Crippen LogP contribution in [0.15, 0.2) is 100 Å². The van der Waals surface area contributed by atoms with E-state index >= 15 is 0 Å². The Morgan fingerprint density at radius 2 is 1.80 bits per heavy atom. The Kier molecular flexibility index (Phi) is 7.34. The largest absolute Gasteiger partial charge is 0.387 e. The van der Waals surface area contributed by atoms with Crippen LogP contribution in [0, 0.1) is 5.82 Å². The van der Waals surface area contributed by atoms with Crippen LogP contribution in [0.2, 0.25) is 0 Å². The second-order valence-corrected chi connectivity index (χ2v) is 7.55. The molecule has 0 radical (unpaired) electrons. The molecule has 0 saturated heterocycles. The maximum absolute atomic E-state index is 14.5. The van der Waals surface area contributed by atoms with E-state index in [1.165, 1.54) is 17.8 Å². The summed E-state index contributed by atoms with van der Waals surface area (Å²) < 4.78 is 14.5. The number of amidine groups is 1. The molecule has 0 unspecified atom stereocenters. The van der Waals surface area contributed by atoms with Gasteiger partial charge in [0, 0.05) is 40.3 Å². The molecule has 2 heterocycles. The van der Waals surface area contributed by atoms with Crippen LogP contribution in [-0.4, -0.2) is 22.3 Å². The molecule has 152 valence electrons. The van der Waals surface area contributed by atoms with Crippen molar-refractivity contribution in [1.82, 2.24) is 9.97 Å². The molecular weight excluding hydrogens is 397 g/mol. The molecule has 0 amide bonds. The lowest BCUT2D eigenvalue weighted by Gasteiger charge is -2.10. The van der Waals surface area contributed by atoms with Crippen molar-refractivity contribution >= 4 is 28.9 Å². The molecule has 5 nitrogen and oxygen atoms in total. The van der Waals surface area contributed by atoms with E-state index in [-0.39, 0.29) is 5.82 Å². The Morgan fingerprint density at radius 1 is 1.13 bits per heavy atom. The highest BCUT2D eigenvalue weighted by atomic mass is 32.2. The van der Waals surface area contributed by atoms with Gasteiger partial charge >= 0.3 is 0 Å². The number of nitrogens with zero attached hydrogens (tertiary/aromatic N) is 3. The van der Waals surface area contributed by atoms with Crippen molar-refractivity contribution in [3.63, 3.8) is 0 Å². The fourth-order valence-electron chi connectivity index (χ4n) is 2.62. The number of benzene rings is 1. The first-order valence-corrected chi connectivity index (χ1v) is 10.0. The molecule has 0 atom stereocenters. The molecule has 7 heteroatoms. The predicted molar refractivity (Wildman–Crippen MR) is 122 cm³/mol. The number of anilines is 1. The Balaban J connectivity index is 1.71. The number of aromatic nitrogens is 2. The van der Waals surface area contributed by atoms with Gasteiger partial charge in [0.15, 0.2) is 0 Å². The normalized spacial score (nSPS) is 11.9. The summed E-state index contributed by atoms with van der Waals surface area (Å²) in [6.45, 7) is 6.17. The van der Waals surface area contributed by atoms with Gasteiger partial charge in [0.2, 0.25) is 0 Å². The molecule has 0 bridgehead atoms. The third-order valence-electron chi connectivity index (χ3n) is 3.99. The van der Waals surface area contributed by atoms with Crippen molar-refractivity contribution in [2.75, 3.05) is 11.9 Å². The highest BCUT2D eigenvalue weighted by Crippen LogP contribution is 2.30. The summed E-state index contributed by atoms with van der Waals surface area (Å²) in [4.78, 5) is 13.8. The molecule has 0 aliphatic carbocycles. The second kappa shape index (κ2) is 10.4. The average molecular weight is 420 g/mol. The lowest BCUT2D eigenvalue weighted by Crippen LogP contribution is -2.10. The average Bonchev–Trinajstić information content (AvgIpc) is 2.75. The third kappa shape index (κ3) is 6.28. The minimum Gasteiger partial charge on any atom is -0.387 e. The number of nitrogens with two attached hydrogens (primary N) is 1. The summed E-state index contributed by atoms with van der Waals surface area (Å²) in [5.41, 5.74) is 8.83. The quantitative estimate of drug-likeness (QED) is 0.300. The number of nitrogens with one attached hydrogen (secondary N) is 1. The third-order valence-corrected chi connectivity index (χ3v) is 5.05. The number of allylic oxidation sites excluding steroid dienone is 2. The van der Waals surface area contributed by atoms with Gasteiger partial charge in [-0.25, -0.2) is 9.38 Å². The van der Waals surface area contributed by atoms with Crippen LogP contribution in [0.5, 0.6) is 0 Å². The van der Waals surface area contributed by atoms with Crippen LogP contribution >= 0.6 is 11.8 Å². The van der Waals surface area contributed by atoms with E-state index in [4.69, 9.17) is 5.73 Å². The smallest absolute Gasteiger partial charge is 0.139 e. The topological polar surface area (TPSA) is 76.2 Å². The van der Waals surface area contributed by atoms with Crippen LogP contribution in [0.3, 0.4) is 0 Å². The zero-order chi connectivity index (χ0) is 21.3. The summed E-state index contributed by atoms with van der Waals surface area (Å²) in [6.07, 6.45) is 8.63. The number of halogens is 1. The Labute approximate surface area is 179 Å². The molecule has 3 N–H and O–H groups in total. The molecule has 0 spiro atoms. The number of hydrogen-bond donors (Lipinski definition) is 2. The molecule has 0 aliphatic heterocycles. The van der Waals surface area contributed by atoms with Crippen molar-refractivity contribution < 1.29 is 4.39 Å². The molecule has 1 aromatic carbocycles. The summed E-state index contributed by atoms with van der Waals surface area (Å²) in [5.74, 6) is 0.132. The Morgan fingerprint density at radius 3 is 2.43 bits per heavy atom. The Bertz CT molecular complexity index is 1060. The molecule has 0 fully saturated rings. The van der Waals surface area contributed by atoms with Gasteiger partial charge in [-0.1, -0.05) is 18.3 Å². The zero-order valence-electron chi connectivity index (χ0n) is 16.5. The summed E-state index contributed by atoms with van der Waals surface area (Å²) in [7, 11) is 0. The lowest BCUT2D eigenvalue weighted by atomic mass is 10.1. The maximum Gasteiger partial charge on any atom is 0.139 e. The van der Waals surface area contributed by atoms with Crippen LogP contribution in [0.4, 0.5) is 10.1 Å². The molecule has 3 aromatic rings. The van der Waals surface area contributed by atoms with E-state index in [1.807, 2.05) is 36.4 Å². The van der Waals surface area contributed by atoms with Gasteiger partial charge in [0.1, 0.15) is 5.82 Å². The summed E-state index contributed by atoms with van der Waals surface area (Å²) in [6, 6.07) is 12.5. The van der Waals surface area contributed by atoms with E-state index in [0.29, 0.717) is 28.7 Å². The van der Waals surface area contributed by atoms with Crippen LogP contribution in [0.1, 0.15) is 12.5 Å². The molecule has 0 saturated carbocycles. The number of aliphatic imine (C=N–C) groups is 1. The first kappa shape index (κ1) is 21.3. The van der Waals surface area contributed by atoms with Gasteiger partial charge in [0.25, 0.3) is 0 Å². The minimum absolute atomic E-state index is 0.299. The van der Waals surface area contributed by atoms with Crippen molar-refractivity contribution in [2.45, 2.75) is 16.7 Å². The Hall–Kier alpha value is -3.45. The second-order valence-electron chi connectivity index (χ2n) is 6.43. The number of rotatable bonds is 8. The van der Waals surface area contributed by atoms with Crippen molar-refractivity contribution in [2.24, 2.45) is 10.7 Å². The van der Waals surface area contributed by atoms with Gasteiger partial charge < -0.3 is 11.1 Å². The number of pyridine rings is 2. The fraction of sp³-hybridized carbons (Fsp3) is 0.0870. The van der Waals surface area contributed by atoms with Crippen molar-refractivity contribution in [1.29, 1.82) is 0 Å². The molecular formula is C23H22FN5S. The highest BCUT2D eigenvalue weighted by Gasteiger charge is 2.07. The van der Waals surface area contributed by atoms with Gasteiger partial charge in [-0.3, -0.25) is 9.97 Å². The summed E-state index contributed by atoms with van der Waals surface area (Å²) in [5, 5.41) is 3.20. The van der Waals surface area contributed by atoms with E-state index < -0.39 is 0 Å². The zero-order valence-corrected chi connectivity index (χ0v) is 17.4. The monoisotopic (exact) mass is 419 g/mol. The number of hydrogen-bond acceptors (Lipinski definition) is 5. The fourth-order valence-corrected chi connectivity index (χ4v) is 3.42. The van der Waals surface area contributed by atoms with Gasteiger partial charge in [-0.2, -0.15) is 0 Å². The summed E-state index contributed by atoms with van der Waals surface area (Å²) >= 11 is 1.35. The van der Waals surface area contributed by atoms with E-state index in [1.54, 1.807) is 37.8 Å². The van der Waals surface area contributed by atoms with E-state index in [0.717, 1.165) is 16.0 Å². The minimum atomic E-state index is -0.299.